The third-order valence-corrected chi connectivity index (χ3v) is 14.2. The molecule has 7 atom stereocenters. The van der Waals surface area contributed by atoms with Crippen LogP contribution in [0.5, 0.6) is 0 Å². The van der Waals surface area contributed by atoms with Crippen molar-refractivity contribution in [3.8, 4) is 0 Å². The normalized spacial score (nSPS) is 47.5. The van der Waals surface area contributed by atoms with Gasteiger partial charge in [-0.05, 0) is 74.9 Å². The molecule has 0 radical (unpaired) electrons. The van der Waals surface area contributed by atoms with E-state index in [0.29, 0.717) is 18.9 Å². The first-order chi connectivity index (χ1) is 13.2. The van der Waals surface area contributed by atoms with Gasteiger partial charge in [-0.1, -0.05) is 39.3 Å². The molecule has 4 rings (SSSR count). The van der Waals surface area contributed by atoms with Crippen LogP contribution in [-0.2, 0) is 14.0 Å². The van der Waals surface area contributed by atoms with Crippen molar-refractivity contribution in [1.29, 1.82) is 0 Å². The van der Waals surface area contributed by atoms with Gasteiger partial charge in [-0.15, -0.1) is 0 Å². The zero-order chi connectivity index (χ0) is 21.6. The van der Waals surface area contributed by atoms with Gasteiger partial charge < -0.3 is 14.3 Å². The standard InChI is InChI=1S/C24H40O4Si/c1-15-10-9-11-22(5)16(15)12-18(25)24-14-27-23(6,20(24)26)19(13-17(22)24)28-29(7,8)21(2,3)4/h10,16-19,25H,9,11-14H2,1-8H3/t16-,17+,18+,19-,22-,23+,24-/m0/s1. The fraction of sp³-hybridized carbons (Fsp3) is 0.875. The summed E-state index contributed by atoms with van der Waals surface area (Å²) in [6, 6.07) is 0. The minimum Gasteiger partial charge on any atom is -0.411 e. The summed E-state index contributed by atoms with van der Waals surface area (Å²) >= 11 is 0. The lowest BCUT2D eigenvalue weighted by Crippen LogP contribution is -2.68. The summed E-state index contributed by atoms with van der Waals surface area (Å²) in [5.74, 6) is 0.544. The number of ketones is 1. The number of Topliss-reactive ketones (excluding diaryl/α,β-unsaturated/α-hetero) is 1. The van der Waals surface area contributed by atoms with Gasteiger partial charge >= 0.3 is 0 Å². The summed E-state index contributed by atoms with van der Waals surface area (Å²) in [6.07, 6.45) is 5.09. The van der Waals surface area contributed by atoms with E-state index in [1.54, 1.807) is 0 Å². The van der Waals surface area contributed by atoms with Gasteiger partial charge in [0.25, 0.3) is 0 Å². The quantitative estimate of drug-likeness (QED) is 0.511. The molecular weight excluding hydrogens is 380 g/mol. The number of aliphatic hydroxyl groups is 1. The van der Waals surface area contributed by atoms with Crippen LogP contribution >= 0.6 is 0 Å². The van der Waals surface area contributed by atoms with Gasteiger partial charge in [0, 0.05) is 0 Å². The Labute approximate surface area is 177 Å². The summed E-state index contributed by atoms with van der Waals surface area (Å²) in [5.41, 5.74) is -0.299. The minimum atomic E-state index is -2.07. The first kappa shape index (κ1) is 21.7. The van der Waals surface area contributed by atoms with Crippen molar-refractivity contribution in [3.63, 3.8) is 0 Å². The molecule has 1 spiro atoms. The summed E-state index contributed by atoms with van der Waals surface area (Å²) in [5, 5.41) is 11.4. The Hall–Kier alpha value is -0.493. The molecule has 3 aliphatic carbocycles. The highest BCUT2D eigenvalue weighted by Gasteiger charge is 2.74. The predicted molar refractivity (Wildman–Crippen MR) is 117 cm³/mol. The molecule has 0 unspecified atom stereocenters. The van der Waals surface area contributed by atoms with Crippen molar-refractivity contribution in [2.75, 3.05) is 6.61 Å². The Bertz CT molecular complexity index is 752. The second-order valence-corrected chi connectivity index (χ2v) is 17.0. The molecule has 164 valence electrons. The number of fused-ring (bicyclic) bond motifs is 3. The largest absolute Gasteiger partial charge is 0.411 e. The molecule has 29 heavy (non-hydrogen) atoms. The Balaban J connectivity index is 1.78. The Morgan fingerprint density at radius 1 is 1.24 bits per heavy atom. The molecule has 5 heteroatoms. The number of ether oxygens (including phenoxy) is 1. The number of carbonyl (C=O) groups excluding carboxylic acids is 1. The average molecular weight is 421 g/mol. The van der Waals surface area contributed by atoms with E-state index >= 15 is 0 Å². The van der Waals surface area contributed by atoms with Crippen LogP contribution in [0.15, 0.2) is 11.6 Å². The van der Waals surface area contributed by atoms with E-state index in [9.17, 15) is 9.90 Å². The molecule has 1 aliphatic heterocycles. The van der Waals surface area contributed by atoms with E-state index in [2.05, 4.69) is 53.8 Å². The van der Waals surface area contributed by atoms with Gasteiger partial charge in [-0.2, -0.15) is 0 Å². The summed E-state index contributed by atoms with van der Waals surface area (Å²) in [7, 11) is -2.07. The van der Waals surface area contributed by atoms with Crippen molar-refractivity contribution >= 4 is 14.1 Å². The average Bonchev–Trinajstić information content (AvgIpc) is 2.77. The predicted octanol–water partition coefficient (Wildman–Crippen LogP) is 4.87. The van der Waals surface area contributed by atoms with Crippen LogP contribution < -0.4 is 0 Å². The maximum atomic E-state index is 14.0. The van der Waals surface area contributed by atoms with Crippen LogP contribution in [0.4, 0.5) is 0 Å². The molecule has 1 saturated heterocycles. The van der Waals surface area contributed by atoms with Crippen LogP contribution in [-0.4, -0.2) is 43.6 Å². The smallest absolute Gasteiger partial charge is 0.192 e. The SMILES string of the molecule is CC1=CCC[C@]2(C)[C@H]3C[C@H](O[Si](C)(C)C(C)(C)C)[C@@]4(C)OC[C@@]3(C4=O)[C@H](O)C[C@@H]12. The molecule has 2 bridgehead atoms. The third kappa shape index (κ3) is 2.69. The molecule has 4 aliphatic rings. The van der Waals surface area contributed by atoms with E-state index < -0.39 is 25.4 Å². The first-order valence-electron chi connectivity index (χ1n) is 11.4. The monoisotopic (exact) mass is 420 g/mol. The van der Waals surface area contributed by atoms with Crippen molar-refractivity contribution in [1.82, 2.24) is 0 Å². The van der Waals surface area contributed by atoms with Crippen LogP contribution in [0.1, 0.15) is 67.2 Å². The van der Waals surface area contributed by atoms with Crippen molar-refractivity contribution in [2.45, 2.75) is 103 Å². The van der Waals surface area contributed by atoms with Crippen molar-refractivity contribution in [3.05, 3.63) is 11.6 Å². The summed E-state index contributed by atoms with van der Waals surface area (Å²) in [4.78, 5) is 14.0. The Kier molecular flexibility index (Phi) is 4.70. The highest BCUT2D eigenvalue weighted by atomic mass is 28.4. The number of carbonyl (C=O) groups is 1. The fourth-order valence-electron chi connectivity index (χ4n) is 6.79. The lowest BCUT2D eigenvalue weighted by molar-refractivity contribution is -0.181. The molecule has 2 saturated carbocycles. The van der Waals surface area contributed by atoms with Crippen molar-refractivity contribution in [2.24, 2.45) is 22.7 Å². The molecule has 4 nitrogen and oxygen atoms in total. The molecular formula is C24H40O4Si. The van der Waals surface area contributed by atoms with Gasteiger partial charge in [0.15, 0.2) is 14.1 Å². The Morgan fingerprint density at radius 2 is 1.90 bits per heavy atom. The van der Waals surface area contributed by atoms with Gasteiger partial charge in [-0.25, -0.2) is 0 Å². The van der Waals surface area contributed by atoms with Crippen LogP contribution in [0.25, 0.3) is 0 Å². The van der Waals surface area contributed by atoms with Gasteiger partial charge in [0.05, 0.1) is 24.2 Å². The second kappa shape index (κ2) is 6.27. The molecule has 3 fully saturated rings. The topological polar surface area (TPSA) is 55.8 Å². The number of hydrogen-bond acceptors (Lipinski definition) is 4. The fourth-order valence-corrected chi connectivity index (χ4v) is 8.18. The maximum absolute atomic E-state index is 14.0. The van der Waals surface area contributed by atoms with E-state index in [-0.39, 0.29) is 28.3 Å². The van der Waals surface area contributed by atoms with Crippen molar-refractivity contribution < 1.29 is 19.1 Å². The van der Waals surface area contributed by atoms with E-state index in [1.807, 2.05) is 6.92 Å². The molecule has 0 aromatic heterocycles. The minimum absolute atomic E-state index is 0.0117. The summed E-state index contributed by atoms with van der Waals surface area (Å²) in [6.45, 7) is 18.1. The van der Waals surface area contributed by atoms with E-state index in [0.717, 1.165) is 19.3 Å². The lowest BCUT2D eigenvalue weighted by Gasteiger charge is -2.61. The second-order valence-electron chi connectivity index (χ2n) is 12.2. The number of allylic oxidation sites excluding steroid dienone is 2. The molecule has 1 heterocycles. The van der Waals surface area contributed by atoms with Gasteiger partial charge in [0.1, 0.15) is 5.60 Å². The zero-order valence-corrected chi connectivity index (χ0v) is 20.6. The highest BCUT2D eigenvalue weighted by molar-refractivity contribution is 6.74. The third-order valence-electron chi connectivity index (χ3n) is 9.76. The van der Waals surface area contributed by atoms with Crippen LogP contribution in [0.2, 0.25) is 18.1 Å². The van der Waals surface area contributed by atoms with Crippen LogP contribution in [0.3, 0.4) is 0 Å². The zero-order valence-electron chi connectivity index (χ0n) is 19.6. The molecule has 0 aromatic carbocycles. The lowest BCUT2D eigenvalue weighted by atomic mass is 9.42. The van der Waals surface area contributed by atoms with E-state index in [1.165, 1.54) is 5.57 Å². The van der Waals surface area contributed by atoms with Gasteiger partial charge in [-0.3, -0.25) is 4.79 Å². The maximum Gasteiger partial charge on any atom is 0.192 e. The van der Waals surface area contributed by atoms with Gasteiger partial charge in [0.2, 0.25) is 0 Å². The number of aliphatic hydroxyl groups excluding tert-OH is 1. The number of rotatable bonds is 2. The molecule has 0 amide bonds. The van der Waals surface area contributed by atoms with E-state index in [4.69, 9.17) is 9.16 Å². The highest BCUT2D eigenvalue weighted by Crippen LogP contribution is 2.67. The molecule has 0 aromatic rings. The number of hydrogen-bond donors (Lipinski definition) is 1. The first-order valence-corrected chi connectivity index (χ1v) is 14.3. The Morgan fingerprint density at radius 3 is 2.52 bits per heavy atom. The summed E-state index contributed by atoms with van der Waals surface area (Å²) < 4.78 is 13.2. The molecule has 1 N–H and O–H groups in total. The van der Waals surface area contributed by atoms with Crippen LogP contribution in [0, 0.1) is 22.7 Å².